The molecule has 184 valence electrons. The zero-order valence-electron chi connectivity index (χ0n) is 22.3. The lowest BCUT2D eigenvalue weighted by molar-refractivity contribution is 0.607. The number of nitrogens with one attached hydrogen (secondary N) is 1. The first-order valence-electron chi connectivity index (χ1n) is 14.2. The largest absolute Gasteiger partial charge is 0.355 e. The maximum atomic E-state index is 3.78. The summed E-state index contributed by atoms with van der Waals surface area (Å²) in [4.78, 5) is 0. The highest BCUT2D eigenvalue weighted by Crippen LogP contribution is 2.27. The van der Waals surface area contributed by atoms with Crippen LogP contribution in [0.4, 0.5) is 11.4 Å². The molecule has 2 aromatic rings. The summed E-state index contributed by atoms with van der Waals surface area (Å²) in [5, 5.41) is 3.78. The van der Waals surface area contributed by atoms with Crippen LogP contribution in [0.1, 0.15) is 127 Å². The van der Waals surface area contributed by atoms with Gasteiger partial charge in [0.2, 0.25) is 0 Å². The van der Waals surface area contributed by atoms with E-state index in [4.69, 9.17) is 0 Å². The maximum absolute atomic E-state index is 3.78. The zero-order chi connectivity index (χ0) is 23.7. The minimum atomic E-state index is 1.07. The SMILES string of the molecule is CCCCCCCCc1ccc(Nc2ccc(CCCCCCCC)cc2CC)c(CC)c1. The van der Waals surface area contributed by atoms with Gasteiger partial charge in [-0.3, -0.25) is 0 Å². The van der Waals surface area contributed by atoms with E-state index in [1.54, 1.807) is 0 Å². The lowest BCUT2D eigenvalue weighted by atomic mass is 9.99. The second-order valence-corrected chi connectivity index (χ2v) is 9.85. The van der Waals surface area contributed by atoms with E-state index in [0.29, 0.717) is 0 Å². The van der Waals surface area contributed by atoms with Gasteiger partial charge in [0.05, 0.1) is 0 Å². The van der Waals surface area contributed by atoms with E-state index < -0.39 is 0 Å². The number of unbranched alkanes of at least 4 members (excludes halogenated alkanes) is 10. The number of hydrogen-bond donors (Lipinski definition) is 1. The van der Waals surface area contributed by atoms with E-state index in [1.807, 2.05) is 0 Å². The fourth-order valence-electron chi connectivity index (χ4n) is 4.80. The monoisotopic (exact) mass is 449 g/mol. The summed E-state index contributed by atoms with van der Waals surface area (Å²) < 4.78 is 0. The fourth-order valence-corrected chi connectivity index (χ4v) is 4.80. The Hall–Kier alpha value is -1.76. The van der Waals surface area contributed by atoms with Gasteiger partial charge in [-0.1, -0.05) is 116 Å². The molecule has 1 N–H and O–H groups in total. The second kappa shape index (κ2) is 16.8. The van der Waals surface area contributed by atoms with Crippen LogP contribution in [-0.4, -0.2) is 0 Å². The fraction of sp³-hybridized carbons (Fsp3) is 0.625. The molecule has 2 aromatic carbocycles. The van der Waals surface area contributed by atoms with Crippen LogP contribution in [0.2, 0.25) is 0 Å². The predicted octanol–water partition coefficient (Wildman–Crippen LogP) is 10.4. The van der Waals surface area contributed by atoms with Crippen LogP contribution in [0.15, 0.2) is 36.4 Å². The Labute approximate surface area is 205 Å². The molecule has 0 unspecified atom stereocenters. The number of hydrogen-bond acceptors (Lipinski definition) is 1. The van der Waals surface area contributed by atoms with Crippen LogP contribution < -0.4 is 5.32 Å². The molecule has 0 heterocycles. The number of benzene rings is 2. The molecule has 0 aliphatic rings. The Bertz CT molecular complexity index is 711. The van der Waals surface area contributed by atoms with Crippen molar-refractivity contribution >= 4 is 11.4 Å². The average Bonchev–Trinajstić information content (AvgIpc) is 2.84. The molecular formula is C32H51N. The molecule has 33 heavy (non-hydrogen) atoms. The van der Waals surface area contributed by atoms with Crippen molar-refractivity contribution in [2.24, 2.45) is 0 Å². The molecule has 0 fully saturated rings. The van der Waals surface area contributed by atoms with Crippen molar-refractivity contribution < 1.29 is 0 Å². The average molecular weight is 450 g/mol. The zero-order valence-corrected chi connectivity index (χ0v) is 22.3. The molecule has 0 radical (unpaired) electrons. The molecule has 0 spiro atoms. The van der Waals surface area contributed by atoms with Crippen LogP contribution in [-0.2, 0) is 25.7 Å². The van der Waals surface area contributed by atoms with Gasteiger partial charge < -0.3 is 5.32 Å². The highest BCUT2D eigenvalue weighted by atomic mass is 14.9. The van der Waals surface area contributed by atoms with Crippen LogP contribution in [0.25, 0.3) is 0 Å². The first-order valence-corrected chi connectivity index (χ1v) is 14.2. The van der Waals surface area contributed by atoms with Gasteiger partial charge in [-0.2, -0.15) is 0 Å². The van der Waals surface area contributed by atoms with Crippen molar-refractivity contribution in [1.29, 1.82) is 0 Å². The first-order chi connectivity index (χ1) is 16.2. The Morgan fingerprint density at radius 2 is 0.879 bits per heavy atom. The quantitative estimate of drug-likeness (QED) is 0.223. The van der Waals surface area contributed by atoms with Crippen LogP contribution in [0, 0.1) is 0 Å². The minimum Gasteiger partial charge on any atom is -0.355 e. The third-order valence-corrected chi connectivity index (χ3v) is 7.01. The third-order valence-electron chi connectivity index (χ3n) is 7.01. The van der Waals surface area contributed by atoms with E-state index in [0.717, 1.165) is 12.8 Å². The Morgan fingerprint density at radius 3 is 1.27 bits per heavy atom. The summed E-state index contributed by atoms with van der Waals surface area (Å²) in [6, 6.07) is 14.2. The summed E-state index contributed by atoms with van der Waals surface area (Å²) in [5.41, 5.74) is 8.44. The van der Waals surface area contributed by atoms with Crippen molar-refractivity contribution in [3.63, 3.8) is 0 Å². The van der Waals surface area contributed by atoms with Gasteiger partial charge in [-0.25, -0.2) is 0 Å². The Morgan fingerprint density at radius 1 is 0.485 bits per heavy atom. The second-order valence-electron chi connectivity index (χ2n) is 9.85. The summed E-state index contributed by atoms with van der Waals surface area (Å²) in [5.74, 6) is 0. The van der Waals surface area contributed by atoms with Crippen molar-refractivity contribution in [3.05, 3.63) is 58.7 Å². The molecule has 0 saturated carbocycles. The van der Waals surface area contributed by atoms with Crippen molar-refractivity contribution in [2.75, 3.05) is 5.32 Å². The lowest BCUT2D eigenvalue weighted by Crippen LogP contribution is -2.01. The van der Waals surface area contributed by atoms with Crippen LogP contribution >= 0.6 is 0 Å². The van der Waals surface area contributed by atoms with Crippen molar-refractivity contribution in [2.45, 2.75) is 130 Å². The normalized spacial score (nSPS) is 11.2. The molecule has 1 heteroatoms. The molecule has 2 rings (SSSR count). The van der Waals surface area contributed by atoms with Gasteiger partial charge in [0, 0.05) is 11.4 Å². The molecule has 0 aromatic heterocycles. The summed E-state index contributed by atoms with van der Waals surface area (Å²) in [6.45, 7) is 9.13. The molecule has 1 nitrogen and oxygen atoms in total. The van der Waals surface area contributed by atoms with Gasteiger partial charge in [0.25, 0.3) is 0 Å². The van der Waals surface area contributed by atoms with Crippen molar-refractivity contribution in [3.8, 4) is 0 Å². The summed E-state index contributed by atoms with van der Waals surface area (Å²) in [6.07, 6.45) is 21.0. The first kappa shape index (κ1) is 27.5. The van der Waals surface area contributed by atoms with Crippen LogP contribution in [0.5, 0.6) is 0 Å². The summed E-state index contributed by atoms with van der Waals surface area (Å²) in [7, 11) is 0. The lowest BCUT2D eigenvalue weighted by Gasteiger charge is -2.16. The van der Waals surface area contributed by atoms with E-state index in [-0.39, 0.29) is 0 Å². The Kier molecular flexibility index (Phi) is 14.0. The standard InChI is InChI=1S/C32H51N/c1-5-9-11-13-15-17-19-27-21-23-31(29(7-3)25-27)33-32-24-22-28(26-30(32)8-4)20-18-16-14-12-10-6-2/h21-26,33H,5-20H2,1-4H3. The van der Waals surface area contributed by atoms with Crippen molar-refractivity contribution in [1.82, 2.24) is 0 Å². The van der Waals surface area contributed by atoms with Gasteiger partial charge in [0.15, 0.2) is 0 Å². The van der Waals surface area contributed by atoms with E-state index in [9.17, 15) is 0 Å². The maximum Gasteiger partial charge on any atom is 0.0416 e. The molecule has 0 amide bonds. The summed E-state index contributed by atoms with van der Waals surface area (Å²) >= 11 is 0. The minimum absolute atomic E-state index is 1.07. The smallest absolute Gasteiger partial charge is 0.0416 e. The molecule has 0 aliphatic carbocycles. The number of rotatable bonds is 18. The number of aryl methyl sites for hydroxylation is 4. The van der Waals surface area contributed by atoms with E-state index >= 15 is 0 Å². The van der Waals surface area contributed by atoms with E-state index in [2.05, 4.69) is 69.4 Å². The number of anilines is 2. The highest BCUT2D eigenvalue weighted by Gasteiger charge is 2.08. The molecule has 0 bridgehead atoms. The van der Waals surface area contributed by atoms with Crippen LogP contribution in [0.3, 0.4) is 0 Å². The molecular weight excluding hydrogens is 398 g/mol. The third kappa shape index (κ3) is 10.4. The van der Waals surface area contributed by atoms with Gasteiger partial charge in [-0.05, 0) is 72.9 Å². The van der Waals surface area contributed by atoms with Gasteiger partial charge in [0.1, 0.15) is 0 Å². The highest BCUT2D eigenvalue weighted by molar-refractivity contribution is 5.67. The molecule has 0 saturated heterocycles. The topological polar surface area (TPSA) is 12.0 Å². The molecule has 0 atom stereocenters. The molecule has 0 aliphatic heterocycles. The van der Waals surface area contributed by atoms with E-state index in [1.165, 1.54) is 124 Å². The predicted molar refractivity (Wildman–Crippen MR) is 149 cm³/mol. The van der Waals surface area contributed by atoms with Gasteiger partial charge in [-0.15, -0.1) is 0 Å². The van der Waals surface area contributed by atoms with Gasteiger partial charge >= 0.3 is 0 Å². The Balaban J connectivity index is 1.92.